The zero-order chi connectivity index (χ0) is 14.1. The largest absolute Gasteiger partial charge is 0.361 e. The van der Waals surface area contributed by atoms with Gasteiger partial charge in [0.05, 0.1) is 17.8 Å². The summed E-state index contributed by atoms with van der Waals surface area (Å²) in [5, 5.41) is 11.2. The highest BCUT2D eigenvalue weighted by Crippen LogP contribution is 2.36. The minimum atomic E-state index is -0.110. The van der Waals surface area contributed by atoms with E-state index in [0.717, 1.165) is 11.5 Å². The van der Waals surface area contributed by atoms with Gasteiger partial charge in [0.2, 0.25) is 5.91 Å². The van der Waals surface area contributed by atoms with Crippen molar-refractivity contribution in [3.05, 3.63) is 29.3 Å². The summed E-state index contributed by atoms with van der Waals surface area (Å²) in [5.74, 6) is 1.89. The van der Waals surface area contributed by atoms with Gasteiger partial charge in [-0.1, -0.05) is 11.6 Å². The Kier molecular flexibility index (Phi) is 3.30. The summed E-state index contributed by atoms with van der Waals surface area (Å²) in [7, 11) is 1.85. The maximum absolute atomic E-state index is 12.0. The molecule has 1 N–H and O–H groups in total. The molecule has 6 heteroatoms. The molecule has 1 aliphatic carbocycles. The zero-order valence-electron chi connectivity index (χ0n) is 11.7. The van der Waals surface area contributed by atoms with Crippen LogP contribution in [0.4, 0.5) is 5.82 Å². The Labute approximate surface area is 117 Å². The standard InChI is InChI=1S/C14H18N4O2/c1-9-6-11(17-20-9)7-14(19)15-13-8-12(16-18(13)2)10-4-3-5-10/h6,8,10H,3-5,7H2,1-2H3,(H,15,19). The molecule has 0 unspecified atom stereocenters. The molecule has 0 aliphatic heterocycles. The van der Waals surface area contributed by atoms with Crippen molar-refractivity contribution in [2.75, 3.05) is 5.32 Å². The normalized spacial score (nSPS) is 15.1. The Bertz CT molecular complexity index is 625. The molecular formula is C14H18N4O2. The topological polar surface area (TPSA) is 73.0 Å². The number of nitrogens with one attached hydrogen (secondary N) is 1. The number of aryl methyl sites for hydroxylation is 2. The molecule has 0 saturated heterocycles. The highest BCUT2D eigenvalue weighted by atomic mass is 16.5. The molecular weight excluding hydrogens is 256 g/mol. The fraction of sp³-hybridized carbons (Fsp3) is 0.500. The lowest BCUT2D eigenvalue weighted by molar-refractivity contribution is -0.115. The quantitative estimate of drug-likeness (QED) is 0.927. The molecule has 20 heavy (non-hydrogen) atoms. The van der Waals surface area contributed by atoms with Gasteiger partial charge in [-0.2, -0.15) is 5.10 Å². The second kappa shape index (κ2) is 5.11. The molecule has 0 radical (unpaired) electrons. The lowest BCUT2D eigenvalue weighted by Gasteiger charge is -2.22. The zero-order valence-corrected chi connectivity index (χ0v) is 11.7. The first kappa shape index (κ1) is 12.9. The second-order valence-corrected chi connectivity index (χ2v) is 5.36. The number of carbonyl (C=O) groups excluding carboxylic acids is 1. The fourth-order valence-electron chi connectivity index (χ4n) is 2.36. The molecule has 1 amide bonds. The van der Waals surface area contributed by atoms with E-state index in [-0.39, 0.29) is 12.3 Å². The molecule has 0 spiro atoms. The molecule has 2 heterocycles. The van der Waals surface area contributed by atoms with E-state index in [4.69, 9.17) is 4.52 Å². The summed E-state index contributed by atoms with van der Waals surface area (Å²) in [6.45, 7) is 1.81. The number of hydrogen-bond acceptors (Lipinski definition) is 4. The maximum atomic E-state index is 12.0. The predicted octanol–water partition coefficient (Wildman–Crippen LogP) is 2.17. The van der Waals surface area contributed by atoms with Crippen LogP contribution in [0.1, 0.15) is 42.3 Å². The molecule has 3 rings (SSSR count). The lowest BCUT2D eigenvalue weighted by Crippen LogP contribution is -2.16. The average Bonchev–Trinajstić information content (AvgIpc) is 2.84. The first-order valence-corrected chi connectivity index (χ1v) is 6.88. The number of amides is 1. The molecule has 1 saturated carbocycles. The van der Waals surface area contributed by atoms with E-state index in [1.807, 2.05) is 13.1 Å². The van der Waals surface area contributed by atoms with Crippen LogP contribution in [0, 0.1) is 6.92 Å². The number of carbonyl (C=O) groups is 1. The van der Waals surface area contributed by atoms with Gasteiger partial charge in [-0.25, -0.2) is 0 Å². The molecule has 106 valence electrons. The van der Waals surface area contributed by atoms with Crippen LogP contribution >= 0.6 is 0 Å². The fourth-order valence-corrected chi connectivity index (χ4v) is 2.36. The monoisotopic (exact) mass is 274 g/mol. The molecule has 2 aromatic rings. The van der Waals surface area contributed by atoms with Gasteiger partial charge in [-0.05, 0) is 19.8 Å². The summed E-state index contributed by atoms with van der Waals surface area (Å²) in [5.41, 5.74) is 1.72. The summed E-state index contributed by atoms with van der Waals surface area (Å²) >= 11 is 0. The third kappa shape index (κ3) is 2.59. The van der Waals surface area contributed by atoms with Crippen molar-refractivity contribution in [1.29, 1.82) is 0 Å². The van der Waals surface area contributed by atoms with Crippen LogP contribution in [0.2, 0.25) is 0 Å². The minimum absolute atomic E-state index is 0.110. The number of rotatable bonds is 4. The van der Waals surface area contributed by atoms with Crippen molar-refractivity contribution in [2.45, 2.75) is 38.5 Å². The van der Waals surface area contributed by atoms with Crippen molar-refractivity contribution in [2.24, 2.45) is 7.05 Å². The Hall–Kier alpha value is -2.11. The summed E-state index contributed by atoms with van der Waals surface area (Å²) in [6.07, 6.45) is 3.88. The first-order chi connectivity index (χ1) is 9.61. The predicted molar refractivity (Wildman–Crippen MR) is 73.4 cm³/mol. The average molecular weight is 274 g/mol. The van der Waals surface area contributed by atoms with Gasteiger partial charge >= 0.3 is 0 Å². The van der Waals surface area contributed by atoms with Gasteiger partial charge in [0, 0.05) is 25.1 Å². The van der Waals surface area contributed by atoms with Crippen LogP contribution in [0.15, 0.2) is 16.7 Å². The minimum Gasteiger partial charge on any atom is -0.361 e. The smallest absolute Gasteiger partial charge is 0.231 e. The Morgan fingerprint density at radius 3 is 2.90 bits per heavy atom. The van der Waals surface area contributed by atoms with Crippen molar-refractivity contribution >= 4 is 11.7 Å². The Balaban J connectivity index is 1.64. The Morgan fingerprint density at radius 2 is 2.30 bits per heavy atom. The van der Waals surface area contributed by atoms with Crippen LogP contribution in [-0.4, -0.2) is 20.8 Å². The highest BCUT2D eigenvalue weighted by molar-refractivity contribution is 5.91. The number of nitrogens with zero attached hydrogens (tertiary/aromatic N) is 3. The van der Waals surface area contributed by atoms with Crippen LogP contribution < -0.4 is 5.32 Å². The van der Waals surface area contributed by atoms with Crippen molar-refractivity contribution in [3.8, 4) is 0 Å². The van der Waals surface area contributed by atoms with Gasteiger partial charge in [0.15, 0.2) is 0 Å². The molecule has 0 aromatic carbocycles. The first-order valence-electron chi connectivity index (χ1n) is 6.88. The van der Waals surface area contributed by atoms with E-state index in [1.165, 1.54) is 19.3 Å². The van der Waals surface area contributed by atoms with Crippen LogP contribution in [0.3, 0.4) is 0 Å². The molecule has 1 aliphatic rings. The number of anilines is 1. The summed E-state index contributed by atoms with van der Waals surface area (Å²) < 4.78 is 6.67. The lowest BCUT2D eigenvalue weighted by atomic mass is 9.83. The molecule has 2 aromatic heterocycles. The van der Waals surface area contributed by atoms with E-state index < -0.39 is 0 Å². The van der Waals surface area contributed by atoms with Crippen LogP contribution in [0.5, 0.6) is 0 Å². The van der Waals surface area contributed by atoms with Gasteiger partial charge in [0.25, 0.3) is 0 Å². The van der Waals surface area contributed by atoms with E-state index in [2.05, 4.69) is 15.6 Å². The molecule has 1 fully saturated rings. The summed E-state index contributed by atoms with van der Waals surface area (Å²) in [6, 6.07) is 3.73. The summed E-state index contributed by atoms with van der Waals surface area (Å²) in [4.78, 5) is 12.0. The van der Waals surface area contributed by atoms with Crippen molar-refractivity contribution in [1.82, 2.24) is 14.9 Å². The molecule has 0 atom stereocenters. The van der Waals surface area contributed by atoms with Gasteiger partial charge in [-0.15, -0.1) is 0 Å². The van der Waals surface area contributed by atoms with Crippen molar-refractivity contribution < 1.29 is 9.32 Å². The third-order valence-electron chi connectivity index (χ3n) is 3.71. The number of aromatic nitrogens is 3. The van der Waals surface area contributed by atoms with Gasteiger partial charge in [-0.3, -0.25) is 9.48 Å². The van der Waals surface area contributed by atoms with E-state index in [1.54, 1.807) is 17.7 Å². The van der Waals surface area contributed by atoms with Crippen LogP contribution in [-0.2, 0) is 18.3 Å². The Morgan fingerprint density at radius 1 is 1.50 bits per heavy atom. The van der Waals surface area contributed by atoms with Crippen molar-refractivity contribution in [3.63, 3.8) is 0 Å². The highest BCUT2D eigenvalue weighted by Gasteiger charge is 2.23. The maximum Gasteiger partial charge on any atom is 0.231 e. The molecule has 6 nitrogen and oxygen atoms in total. The van der Waals surface area contributed by atoms with E-state index in [0.29, 0.717) is 17.4 Å². The molecule has 0 bridgehead atoms. The van der Waals surface area contributed by atoms with E-state index in [9.17, 15) is 4.79 Å². The number of hydrogen-bond donors (Lipinski definition) is 1. The van der Waals surface area contributed by atoms with Gasteiger partial charge in [0.1, 0.15) is 11.6 Å². The second-order valence-electron chi connectivity index (χ2n) is 5.36. The van der Waals surface area contributed by atoms with Crippen LogP contribution in [0.25, 0.3) is 0 Å². The van der Waals surface area contributed by atoms with Gasteiger partial charge < -0.3 is 9.84 Å². The third-order valence-corrected chi connectivity index (χ3v) is 3.71. The van der Waals surface area contributed by atoms with E-state index >= 15 is 0 Å². The SMILES string of the molecule is Cc1cc(CC(=O)Nc2cc(C3CCC3)nn2C)no1.